The standard InChI is InChI=1S/C21H20N4O3/c1-14(15-7-4-3-5-8-15)24-19-12-18(22-13-23-19)20(26)25-17-10-6-9-16(11-17)21(27)28-2/h3-14H,1-2H3,(H,25,26)(H,22,23,24). The van der Waals surface area contributed by atoms with Crippen LogP contribution in [0.2, 0.25) is 0 Å². The van der Waals surface area contributed by atoms with E-state index in [9.17, 15) is 9.59 Å². The van der Waals surface area contributed by atoms with E-state index >= 15 is 0 Å². The van der Waals surface area contributed by atoms with Crippen molar-refractivity contribution >= 4 is 23.4 Å². The largest absolute Gasteiger partial charge is 0.465 e. The Kier molecular flexibility index (Phi) is 5.96. The third-order valence-corrected chi connectivity index (χ3v) is 4.11. The van der Waals surface area contributed by atoms with Crippen LogP contribution in [0.4, 0.5) is 11.5 Å². The van der Waals surface area contributed by atoms with Crippen LogP contribution in [0.5, 0.6) is 0 Å². The molecule has 0 aliphatic heterocycles. The Bertz CT molecular complexity index is 976. The molecule has 3 aromatic rings. The summed E-state index contributed by atoms with van der Waals surface area (Å²) in [5.41, 5.74) is 2.13. The molecule has 0 saturated heterocycles. The number of nitrogens with one attached hydrogen (secondary N) is 2. The van der Waals surface area contributed by atoms with E-state index in [4.69, 9.17) is 0 Å². The molecule has 0 bridgehead atoms. The maximum absolute atomic E-state index is 12.5. The van der Waals surface area contributed by atoms with Crippen molar-refractivity contribution in [3.63, 3.8) is 0 Å². The van der Waals surface area contributed by atoms with E-state index < -0.39 is 11.9 Å². The van der Waals surface area contributed by atoms with Crippen molar-refractivity contribution in [1.82, 2.24) is 9.97 Å². The van der Waals surface area contributed by atoms with Gasteiger partial charge in [-0.15, -0.1) is 0 Å². The molecular weight excluding hydrogens is 356 g/mol. The second-order valence-electron chi connectivity index (χ2n) is 6.09. The van der Waals surface area contributed by atoms with Crippen LogP contribution < -0.4 is 10.6 Å². The molecule has 0 aliphatic carbocycles. The van der Waals surface area contributed by atoms with Gasteiger partial charge in [0.15, 0.2) is 0 Å². The van der Waals surface area contributed by atoms with E-state index in [1.165, 1.54) is 13.4 Å². The van der Waals surface area contributed by atoms with Crippen LogP contribution in [0.3, 0.4) is 0 Å². The fourth-order valence-corrected chi connectivity index (χ4v) is 2.64. The van der Waals surface area contributed by atoms with E-state index in [1.54, 1.807) is 30.3 Å². The molecule has 2 N–H and O–H groups in total. The number of carbonyl (C=O) groups is 2. The minimum atomic E-state index is -0.473. The zero-order valence-electron chi connectivity index (χ0n) is 15.5. The summed E-state index contributed by atoms with van der Waals surface area (Å²) in [6, 6.07) is 18.0. The van der Waals surface area contributed by atoms with E-state index in [0.717, 1.165) is 5.56 Å². The number of methoxy groups -OCH3 is 1. The summed E-state index contributed by atoms with van der Waals surface area (Å²) in [5.74, 6) is -0.334. The number of anilines is 2. The molecule has 0 saturated carbocycles. The van der Waals surface area contributed by atoms with E-state index in [0.29, 0.717) is 17.1 Å². The van der Waals surface area contributed by atoms with Crippen molar-refractivity contribution in [2.24, 2.45) is 0 Å². The van der Waals surface area contributed by atoms with Crippen molar-refractivity contribution in [3.8, 4) is 0 Å². The van der Waals surface area contributed by atoms with Gasteiger partial charge in [0, 0.05) is 17.8 Å². The summed E-state index contributed by atoms with van der Waals surface area (Å²) >= 11 is 0. The van der Waals surface area contributed by atoms with Crippen molar-refractivity contribution in [3.05, 3.63) is 83.8 Å². The Morgan fingerprint density at radius 1 is 1.00 bits per heavy atom. The topological polar surface area (TPSA) is 93.2 Å². The first-order valence-corrected chi connectivity index (χ1v) is 8.70. The fourth-order valence-electron chi connectivity index (χ4n) is 2.64. The van der Waals surface area contributed by atoms with Crippen LogP contribution in [0.15, 0.2) is 67.0 Å². The van der Waals surface area contributed by atoms with Gasteiger partial charge in [-0.2, -0.15) is 0 Å². The number of nitrogens with zero attached hydrogens (tertiary/aromatic N) is 2. The number of rotatable bonds is 6. The molecule has 28 heavy (non-hydrogen) atoms. The molecule has 1 aromatic heterocycles. The summed E-state index contributed by atoms with van der Waals surface area (Å²) in [4.78, 5) is 32.4. The van der Waals surface area contributed by atoms with Gasteiger partial charge < -0.3 is 15.4 Å². The summed E-state index contributed by atoms with van der Waals surface area (Å²) in [7, 11) is 1.31. The Labute approximate surface area is 162 Å². The van der Waals surface area contributed by atoms with Crippen molar-refractivity contribution in [1.29, 1.82) is 0 Å². The highest BCUT2D eigenvalue weighted by molar-refractivity contribution is 6.03. The van der Waals surface area contributed by atoms with E-state index in [1.807, 2.05) is 37.3 Å². The Morgan fingerprint density at radius 3 is 2.54 bits per heavy atom. The van der Waals surface area contributed by atoms with E-state index in [2.05, 4.69) is 25.3 Å². The molecule has 2 aromatic carbocycles. The summed E-state index contributed by atoms with van der Waals surface area (Å²) in [6.45, 7) is 2.01. The summed E-state index contributed by atoms with van der Waals surface area (Å²) in [6.07, 6.45) is 1.33. The monoisotopic (exact) mass is 376 g/mol. The number of amides is 1. The average Bonchev–Trinajstić information content (AvgIpc) is 2.74. The van der Waals surface area contributed by atoms with Crippen LogP contribution in [-0.2, 0) is 4.74 Å². The molecule has 1 atom stereocenters. The molecule has 3 rings (SSSR count). The number of hydrogen-bond acceptors (Lipinski definition) is 6. The van der Waals surface area contributed by atoms with Crippen molar-refractivity contribution in [2.75, 3.05) is 17.7 Å². The van der Waals surface area contributed by atoms with Gasteiger partial charge in [0.2, 0.25) is 0 Å². The van der Waals surface area contributed by atoms with Gasteiger partial charge in [-0.1, -0.05) is 36.4 Å². The van der Waals surface area contributed by atoms with Crippen molar-refractivity contribution in [2.45, 2.75) is 13.0 Å². The molecule has 0 aliphatic rings. The number of benzene rings is 2. The predicted octanol–water partition coefficient (Wildman–Crippen LogP) is 3.69. The lowest BCUT2D eigenvalue weighted by Gasteiger charge is -2.15. The fraction of sp³-hybridized carbons (Fsp3) is 0.143. The van der Waals surface area contributed by atoms with Gasteiger partial charge in [0.25, 0.3) is 5.91 Å². The molecule has 0 radical (unpaired) electrons. The van der Waals surface area contributed by atoms with Gasteiger partial charge in [-0.3, -0.25) is 4.79 Å². The van der Waals surface area contributed by atoms with Gasteiger partial charge in [0.05, 0.1) is 12.7 Å². The first-order chi connectivity index (χ1) is 13.6. The quantitative estimate of drug-likeness (QED) is 0.638. The maximum atomic E-state index is 12.5. The maximum Gasteiger partial charge on any atom is 0.337 e. The highest BCUT2D eigenvalue weighted by Crippen LogP contribution is 2.18. The number of aromatic nitrogens is 2. The van der Waals surface area contributed by atoms with Crippen molar-refractivity contribution < 1.29 is 14.3 Å². The lowest BCUT2D eigenvalue weighted by Crippen LogP contribution is -2.16. The first kappa shape index (κ1) is 19.0. The zero-order chi connectivity index (χ0) is 19.9. The second kappa shape index (κ2) is 8.77. The van der Waals surface area contributed by atoms with Crippen LogP contribution >= 0.6 is 0 Å². The minimum absolute atomic E-state index is 0.0174. The third-order valence-electron chi connectivity index (χ3n) is 4.11. The van der Waals surface area contributed by atoms with Crippen LogP contribution in [-0.4, -0.2) is 29.0 Å². The highest BCUT2D eigenvalue weighted by atomic mass is 16.5. The lowest BCUT2D eigenvalue weighted by molar-refractivity contribution is 0.0600. The number of ether oxygens (including phenoxy) is 1. The SMILES string of the molecule is COC(=O)c1cccc(NC(=O)c2cc(NC(C)c3ccccc3)ncn2)c1. The molecule has 142 valence electrons. The third kappa shape index (κ3) is 4.70. The van der Waals surface area contributed by atoms with Crippen LogP contribution in [0.25, 0.3) is 0 Å². The number of hydrogen-bond donors (Lipinski definition) is 2. The molecule has 1 amide bonds. The van der Waals surface area contributed by atoms with Gasteiger partial charge in [-0.05, 0) is 30.7 Å². The Balaban J connectivity index is 1.71. The van der Waals surface area contributed by atoms with E-state index in [-0.39, 0.29) is 11.7 Å². The Hall–Kier alpha value is -3.74. The molecule has 1 unspecified atom stereocenters. The number of esters is 1. The second-order valence-corrected chi connectivity index (χ2v) is 6.09. The summed E-state index contributed by atoms with van der Waals surface area (Å²) < 4.78 is 4.69. The molecule has 0 fully saturated rings. The van der Waals surface area contributed by atoms with Gasteiger partial charge in [0.1, 0.15) is 17.8 Å². The molecule has 7 heteroatoms. The normalized spacial score (nSPS) is 11.4. The zero-order valence-corrected chi connectivity index (χ0v) is 15.5. The predicted molar refractivity (Wildman–Crippen MR) is 106 cm³/mol. The van der Waals surface area contributed by atoms with Crippen LogP contribution in [0, 0.1) is 0 Å². The van der Waals surface area contributed by atoms with Gasteiger partial charge in [-0.25, -0.2) is 14.8 Å². The average molecular weight is 376 g/mol. The Morgan fingerprint density at radius 2 is 1.79 bits per heavy atom. The van der Waals surface area contributed by atoms with Crippen LogP contribution in [0.1, 0.15) is 39.4 Å². The van der Waals surface area contributed by atoms with Gasteiger partial charge >= 0.3 is 5.97 Å². The molecule has 7 nitrogen and oxygen atoms in total. The summed E-state index contributed by atoms with van der Waals surface area (Å²) in [5, 5.41) is 5.98. The molecule has 0 spiro atoms. The highest BCUT2D eigenvalue weighted by Gasteiger charge is 2.13. The lowest BCUT2D eigenvalue weighted by atomic mass is 10.1. The molecule has 1 heterocycles. The number of carbonyl (C=O) groups excluding carboxylic acids is 2. The first-order valence-electron chi connectivity index (χ1n) is 8.70. The molecular formula is C21H20N4O3. The smallest absolute Gasteiger partial charge is 0.337 e. The minimum Gasteiger partial charge on any atom is -0.465 e.